The molecule has 8 heteroatoms. The summed E-state index contributed by atoms with van der Waals surface area (Å²) in [5.41, 5.74) is -1.08. The first-order chi connectivity index (χ1) is 7.47. The van der Waals surface area contributed by atoms with Crippen molar-refractivity contribution >= 4 is 28.3 Å². The van der Waals surface area contributed by atoms with Crippen LogP contribution >= 0.6 is 22.6 Å². The minimum atomic E-state index is -2.87. The SMILES string of the molecule is N#CCc1c([N+](=O)[O-])cc(C(F)F)nc1I. The molecule has 0 radical (unpaired) electrons. The Kier molecular flexibility index (Phi) is 4.05. The van der Waals surface area contributed by atoms with Crippen LogP contribution in [0, 0.1) is 25.1 Å². The van der Waals surface area contributed by atoms with E-state index in [1.807, 2.05) is 0 Å². The third kappa shape index (κ3) is 2.60. The predicted molar refractivity (Wildman–Crippen MR) is 57.9 cm³/mol. The molecule has 0 saturated carbocycles. The van der Waals surface area contributed by atoms with Gasteiger partial charge in [-0.3, -0.25) is 10.1 Å². The van der Waals surface area contributed by atoms with E-state index < -0.39 is 22.7 Å². The molecule has 1 heterocycles. The molecule has 1 aromatic heterocycles. The number of nitriles is 1. The molecule has 84 valence electrons. The van der Waals surface area contributed by atoms with Crippen LogP contribution in [0.3, 0.4) is 0 Å². The van der Waals surface area contributed by atoms with E-state index in [9.17, 15) is 18.9 Å². The van der Waals surface area contributed by atoms with E-state index in [0.717, 1.165) is 0 Å². The molecular formula is C8H4F2IN3O2. The summed E-state index contributed by atoms with van der Waals surface area (Å²) in [5, 5.41) is 19.1. The molecule has 0 saturated heterocycles. The molecule has 0 aliphatic heterocycles. The van der Waals surface area contributed by atoms with Crippen LogP contribution in [-0.2, 0) is 6.42 Å². The van der Waals surface area contributed by atoms with Crippen LogP contribution in [0.5, 0.6) is 0 Å². The van der Waals surface area contributed by atoms with Gasteiger partial charge in [0.1, 0.15) is 9.39 Å². The average Bonchev–Trinajstić information content (AvgIpc) is 2.20. The summed E-state index contributed by atoms with van der Waals surface area (Å²) in [4.78, 5) is 13.4. The molecule has 0 spiro atoms. The zero-order valence-corrected chi connectivity index (χ0v) is 9.81. The molecule has 0 aromatic carbocycles. The van der Waals surface area contributed by atoms with Crippen LogP contribution in [-0.4, -0.2) is 9.91 Å². The lowest BCUT2D eigenvalue weighted by Crippen LogP contribution is -2.03. The highest BCUT2D eigenvalue weighted by molar-refractivity contribution is 14.1. The Morgan fingerprint density at radius 1 is 1.69 bits per heavy atom. The largest absolute Gasteiger partial charge is 0.280 e. The fourth-order valence-electron chi connectivity index (χ4n) is 1.06. The van der Waals surface area contributed by atoms with Gasteiger partial charge in [0, 0.05) is 6.07 Å². The smallest absolute Gasteiger partial charge is 0.258 e. The second-order valence-electron chi connectivity index (χ2n) is 2.73. The summed E-state index contributed by atoms with van der Waals surface area (Å²) in [7, 11) is 0. The Balaban J connectivity index is 3.40. The highest BCUT2D eigenvalue weighted by Crippen LogP contribution is 2.28. The number of alkyl halides is 2. The van der Waals surface area contributed by atoms with Crippen LogP contribution < -0.4 is 0 Å². The Morgan fingerprint density at radius 3 is 2.75 bits per heavy atom. The van der Waals surface area contributed by atoms with Crippen molar-refractivity contribution in [1.82, 2.24) is 4.98 Å². The Bertz CT molecular complexity index is 473. The van der Waals surface area contributed by atoms with Gasteiger partial charge in [-0.1, -0.05) is 0 Å². The van der Waals surface area contributed by atoms with E-state index in [-0.39, 0.29) is 15.7 Å². The highest BCUT2D eigenvalue weighted by atomic mass is 127. The summed E-state index contributed by atoms with van der Waals surface area (Å²) in [5.74, 6) is 0. The Labute approximate surface area is 102 Å². The Morgan fingerprint density at radius 2 is 2.31 bits per heavy atom. The minimum Gasteiger partial charge on any atom is -0.258 e. The van der Waals surface area contributed by atoms with Gasteiger partial charge in [0.25, 0.3) is 12.1 Å². The molecule has 0 amide bonds. The molecule has 1 rings (SSSR count). The van der Waals surface area contributed by atoms with Gasteiger partial charge < -0.3 is 0 Å². The molecule has 1 aromatic rings. The zero-order chi connectivity index (χ0) is 12.3. The lowest BCUT2D eigenvalue weighted by atomic mass is 10.1. The molecule has 16 heavy (non-hydrogen) atoms. The lowest BCUT2D eigenvalue weighted by molar-refractivity contribution is -0.385. The number of rotatable bonds is 3. The second kappa shape index (κ2) is 5.11. The van der Waals surface area contributed by atoms with Crippen LogP contribution in [0.1, 0.15) is 17.7 Å². The normalized spacial score (nSPS) is 10.2. The molecule has 0 bridgehead atoms. The zero-order valence-electron chi connectivity index (χ0n) is 7.65. The van der Waals surface area contributed by atoms with Crippen LogP contribution in [0.4, 0.5) is 14.5 Å². The maximum atomic E-state index is 12.4. The topological polar surface area (TPSA) is 79.8 Å². The van der Waals surface area contributed by atoms with Crippen molar-refractivity contribution in [2.45, 2.75) is 12.8 Å². The number of nitro groups is 1. The number of aromatic nitrogens is 1. The van der Waals surface area contributed by atoms with Crippen molar-refractivity contribution in [3.63, 3.8) is 0 Å². The van der Waals surface area contributed by atoms with Crippen molar-refractivity contribution in [2.75, 3.05) is 0 Å². The van der Waals surface area contributed by atoms with Gasteiger partial charge in [-0.25, -0.2) is 13.8 Å². The maximum Gasteiger partial charge on any atom is 0.280 e. The van der Waals surface area contributed by atoms with E-state index in [2.05, 4.69) is 4.98 Å². The van der Waals surface area contributed by atoms with Crippen molar-refractivity contribution < 1.29 is 13.7 Å². The summed E-state index contributed by atoms with van der Waals surface area (Å²) < 4.78 is 24.8. The summed E-state index contributed by atoms with van der Waals surface area (Å²) in [6.45, 7) is 0. The van der Waals surface area contributed by atoms with Gasteiger partial charge in [0.15, 0.2) is 0 Å². The Hall–Kier alpha value is -1.37. The van der Waals surface area contributed by atoms with Crippen LogP contribution in [0.25, 0.3) is 0 Å². The quantitative estimate of drug-likeness (QED) is 0.367. The number of hydrogen-bond donors (Lipinski definition) is 0. The van der Waals surface area contributed by atoms with Crippen molar-refractivity contribution in [2.24, 2.45) is 0 Å². The number of halogens is 3. The molecule has 0 fully saturated rings. The van der Waals surface area contributed by atoms with Gasteiger partial charge in [-0.15, -0.1) is 0 Å². The van der Waals surface area contributed by atoms with E-state index in [4.69, 9.17) is 5.26 Å². The van der Waals surface area contributed by atoms with Crippen molar-refractivity contribution in [3.8, 4) is 6.07 Å². The first kappa shape index (κ1) is 12.7. The maximum absolute atomic E-state index is 12.4. The molecule has 0 N–H and O–H groups in total. The fraction of sp³-hybridized carbons (Fsp3) is 0.250. The standard InChI is InChI=1S/C8H4F2IN3O2/c9-7(10)5-3-6(14(15)16)4(1-2-12)8(11)13-5/h3,7H,1H2. The highest BCUT2D eigenvalue weighted by Gasteiger charge is 2.22. The van der Waals surface area contributed by atoms with Gasteiger partial charge in [-0.2, -0.15) is 5.26 Å². The van der Waals surface area contributed by atoms with Crippen molar-refractivity contribution in [1.29, 1.82) is 5.26 Å². The van der Waals surface area contributed by atoms with E-state index in [1.54, 1.807) is 28.7 Å². The molecule has 5 nitrogen and oxygen atoms in total. The monoisotopic (exact) mass is 339 g/mol. The van der Waals surface area contributed by atoms with Crippen LogP contribution in [0.15, 0.2) is 6.07 Å². The summed E-state index contributed by atoms with van der Waals surface area (Å²) in [6.07, 6.45) is -3.10. The van der Waals surface area contributed by atoms with E-state index >= 15 is 0 Å². The first-order valence-corrected chi connectivity index (χ1v) is 5.04. The molecule has 0 unspecified atom stereocenters. The van der Waals surface area contributed by atoms with Crippen molar-refractivity contribution in [3.05, 3.63) is 31.1 Å². The second-order valence-corrected chi connectivity index (χ2v) is 3.75. The number of hydrogen-bond acceptors (Lipinski definition) is 4. The summed E-state index contributed by atoms with van der Waals surface area (Å²) >= 11 is 1.60. The first-order valence-electron chi connectivity index (χ1n) is 3.96. The minimum absolute atomic E-state index is 0.0589. The molecule has 0 atom stereocenters. The van der Waals surface area contributed by atoms with Gasteiger partial charge in [0.05, 0.1) is 23.0 Å². The third-order valence-corrected chi connectivity index (χ3v) is 2.64. The number of nitrogens with zero attached hydrogens (tertiary/aromatic N) is 3. The molecular weight excluding hydrogens is 335 g/mol. The third-order valence-electron chi connectivity index (χ3n) is 1.75. The van der Waals surface area contributed by atoms with E-state index in [1.165, 1.54) is 0 Å². The lowest BCUT2D eigenvalue weighted by Gasteiger charge is -2.04. The van der Waals surface area contributed by atoms with Crippen LogP contribution in [0.2, 0.25) is 0 Å². The summed E-state index contributed by atoms with van der Waals surface area (Å²) in [6, 6.07) is 2.44. The average molecular weight is 339 g/mol. The van der Waals surface area contributed by atoms with Gasteiger partial charge in [-0.05, 0) is 22.6 Å². The van der Waals surface area contributed by atoms with E-state index in [0.29, 0.717) is 6.07 Å². The molecule has 0 aliphatic carbocycles. The number of pyridine rings is 1. The van der Waals surface area contributed by atoms with Gasteiger partial charge in [0.2, 0.25) is 0 Å². The molecule has 0 aliphatic rings. The predicted octanol–water partition coefficient (Wildman–Crippen LogP) is 2.60. The fourth-order valence-corrected chi connectivity index (χ4v) is 1.81. The van der Waals surface area contributed by atoms with Gasteiger partial charge >= 0.3 is 0 Å².